The quantitative estimate of drug-likeness (QED) is 0.401. The first-order valence-electron chi connectivity index (χ1n) is 8.22. The van der Waals surface area contributed by atoms with Crippen LogP contribution in [0.5, 0.6) is 0 Å². The number of hydrogen-bond acceptors (Lipinski definition) is 7. The van der Waals surface area contributed by atoms with Gasteiger partial charge in [0.15, 0.2) is 0 Å². The summed E-state index contributed by atoms with van der Waals surface area (Å²) < 4.78 is 11.1. The largest absolute Gasteiger partial charge is 0.462 e. The molecule has 1 amide bonds. The summed E-state index contributed by atoms with van der Waals surface area (Å²) >= 11 is 2.07. The van der Waals surface area contributed by atoms with Crippen molar-refractivity contribution in [2.45, 2.75) is 37.5 Å². The van der Waals surface area contributed by atoms with Gasteiger partial charge in [0, 0.05) is 17.3 Å². The molecule has 6 nitrogen and oxygen atoms in total. The number of carbonyl (C=O) groups is 2. The second-order valence-corrected chi connectivity index (χ2v) is 8.45. The van der Waals surface area contributed by atoms with Crippen molar-refractivity contribution < 1.29 is 19.1 Å². The smallest absolute Gasteiger partial charge is 0.412 e. The highest BCUT2D eigenvalue weighted by Crippen LogP contribution is 2.45. The number of benzene rings is 1. The van der Waals surface area contributed by atoms with Crippen molar-refractivity contribution >= 4 is 40.2 Å². The molecule has 1 N–H and O–H groups in total. The minimum atomic E-state index is -0.683. The summed E-state index contributed by atoms with van der Waals surface area (Å²) in [6.07, 6.45) is -0.678. The van der Waals surface area contributed by atoms with Gasteiger partial charge in [-0.05, 0) is 33.3 Å². The van der Waals surface area contributed by atoms with Crippen molar-refractivity contribution in [1.82, 2.24) is 0 Å². The van der Waals surface area contributed by atoms with Crippen LogP contribution in [0.3, 0.4) is 0 Å². The first kappa shape index (κ1) is 20.8. The molecular formula is C19H20N2O4S2. The number of thiophene rings is 1. The second-order valence-electron chi connectivity index (χ2n) is 6.38. The summed E-state index contributed by atoms with van der Waals surface area (Å²) in [6, 6.07) is 9.21. The summed E-state index contributed by atoms with van der Waals surface area (Å²) in [5, 5.41) is 14.1. The molecule has 0 bridgehead atoms. The van der Waals surface area contributed by atoms with E-state index in [9.17, 15) is 9.59 Å². The van der Waals surface area contributed by atoms with E-state index in [1.807, 2.05) is 35.7 Å². The van der Waals surface area contributed by atoms with Crippen LogP contribution in [0.15, 0.2) is 34.5 Å². The summed E-state index contributed by atoms with van der Waals surface area (Å²) in [7, 11) is 0. The number of nitriles is 1. The Hall–Kier alpha value is -2.50. The Bertz CT molecular complexity index is 864. The summed E-state index contributed by atoms with van der Waals surface area (Å²) in [5.41, 5.74) is 0.859. The molecule has 0 aliphatic carbocycles. The third-order valence-corrected chi connectivity index (χ3v) is 5.05. The summed E-state index contributed by atoms with van der Waals surface area (Å²) in [5.74, 6) is -0.566. The van der Waals surface area contributed by atoms with Crippen LogP contribution < -0.4 is 5.32 Å². The zero-order chi connectivity index (χ0) is 20.0. The molecule has 8 heteroatoms. The minimum absolute atomic E-state index is 0.190. The fraction of sp³-hybridized carbons (Fsp3) is 0.316. The van der Waals surface area contributed by atoms with Crippen LogP contribution in [0.2, 0.25) is 0 Å². The number of nitrogens with one attached hydrogen (secondary N) is 1. The van der Waals surface area contributed by atoms with Gasteiger partial charge < -0.3 is 9.47 Å². The SMILES string of the molecule is CCOC(=O)c1c(NC(=O)OC(C)(C)C)sc(SC#N)c1-c1ccccc1. The van der Waals surface area contributed by atoms with E-state index in [2.05, 4.69) is 5.32 Å². The van der Waals surface area contributed by atoms with Gasteiger partial charge in [-0.25, -0.2) is 9.59 Å². The lowest BCUT2D eigenvalue weighted by Crippen LogP contribution is -2.27. The second kappa shape index (κ2) is 8.93. The van der Waals surface area contributed by atoms with E-state index in [1.54, 1.807) is 27.7 Å². The van der Waals surface area contributed by atoms with Crippen molar-refractivity contribution in [2.24, 2.45) is 0 Å². The highest BCUT2D eigenvalue weighted by Gasteiger charge is 2.28. The number of hydrogen-bond donors (Lipinski definition) is 1. The molecule has 0 aliphatic heterocycles. The molecule has 2 rings (SSSR count). The Kier molecular flexibility index (Phi) is 6.88. The number of amides is 1. The molecule has 0 fully saturated rings. The molecular weight excluding hydrogens is 384 g/mol. The molecule has 0 unspecified atom stereocenters. The van der Waals surface area contributed by atoms with E-state index in [0.717, 1.165) is 28.7 Å². The Morgan fingerprint density at radius 2 is 1.93 bits per heavy atom. The number of rotatable bonds is 5. The van der Waals surface area contributed by atoms with E-state index in [0.29, 0.717) is 14.8 Å². The summed E-state index contributed by atoms with van der Waals surface area (Å²) in [6.45, 7) is 7.15. The van der Waals surface area contributed by atoms with Gasteiger partial charge in [0.05, 0.1) is 10.8 Å². The fourth-order valence-electron chi connectivity index (χ4n) is 2.27. The number of ether oxygens (including phenoxy) is 2. The Labute approximate surface area is 166 Å². The maximum absolute atomic E-state index is 12.6. The first-order chi connectivity index (χ1) is 12.8. The van der Waals surface area contributed by atoms with Gasteiger partial charge in [-0.2, -0.15) is 5.26 Å². The lowest BCUT2D eigenvalue weighted by molar-refractivity contribution is 0.0529. The van der Waals surface area contributed by atoms with Crippen molar-refractivity contribution in [3.8, 4) is 16.5 Å². The lowest BCUT2D eigenvalue weighted by Gasteiger charge is -2.19. The normalized spacial score (nSPS) is 10.8. The van der Waals surface area contributed by atoms with Gasteiger partial charge >= 0.3 is 12.1 Å². The number of thioether (sulfide) groups is 1. The maximum Gasteiger partial charge on any atom is 0.412 e. The number of carbonyl (C=O) groups excluding carboxylic acids is 2. The van der Waals surface area contributed by atoms with Gasteiger partial charge in [-0.1, -0.05) is 30.3 Å². The predicted molar refractivity (Wildman–Crippen MR) is 107 cm³/mol. The highest BCUT2D eigenvalue weighted by molar-refractivity contribution is 8.05. The van der Waals surface area contributed by atoms with Gasteiger partial charge in [-0.3, -0.25) is 5.32 Å². The Balaban J connectivity index is 2.57. The molecule has 1 aromatic heterocycles. The van der Waals surface area contributed by atoms with Crippen LogP contribution in [0, 0.1) is 10.7 Å². The van der Waals surface area contributed by atoms with Crippen LogP contribution in [-0.4, -0.2) is 24.3 Å². The molecule has 0 atom stereocenters. The molecule has 1 aromatic carbocycles. The predicted octanol–water partition coefficient (Wildman–Crippen LogP) is 5.51. The van der Waals surface area contributed by atoms with E-state index in [1.165, 1.54) is 0 Å². The maximum atomic E-state index is 12.6. The fourth-order valence-corrected chi connectivity index (χ4v) is 4.14. The standard InChI is InChI=1S/C19H20N2O4S2/c1-5-24-16(22)14-13(12-9-7-6-8-10-12)17(26-11-20)27-15(14)21-18(23)25-19(2,3)4/h6-10H,5H2,1-4H3,(H,21,23). The highest BCUT2D eigenvalue weighted by atomic mass is 32.2. The molecule has 0 aliphatic rings. The van der Waals surface area contributed by atoms with E-state index < -0.39 is 17.7 Å². The average Bonchev–Trinajstić information content (AvgIpc) is 2.92. The van der Waals surface area contributed by atoms with Gasteiger partial charge in [0.1, 0.15) is 21.6 Å². The van der Waals surface area contributed by atoms with Crippen molar-refractivity contribution in [1.29, 1.82) is 5.26 Å². The Morgan fingerprint density at radius 3 is 2.48 bits per heavy atom. The lowest BCUT2D eigenvalue weighted by atomic mass is 10.0. The number of esters is 1. The van der Waals surface area contributed by atoms with Crippen molar-refractivity contribution in [3.05, 3.63) is 35.9 Å². The van der Waals surface area contributed by atoms with Gasteiger partial charge in [0.2, 0.25) is 0 Å². The number of anilines is 1. The van der Waals surface area contributed by atoms with E-state index in [-0.39, 0.29) is 12.2 Å². The average molecular weight is 405 g/mol. The van der Waals surface area contributed by atoms with E-state index in [4.69, 9.17) is 14.7 Å². The summed E-state index contributed by atoms with van der Waals surface area (Å²) in [4.78, 5) is 24.9. The molecule has 0 saturated heterocycles. The molecule has 2 aromatic rings. The molecule has 0 saturated carbocycles. The van der Waals surface area contributed by atoms with Crippen LogP contribution in [0.25, 0.3) is 11.1 Å². The zero-order valence-corrected chi connectivity index (χ0v) is 17.1. The molecule has 1 heterocycles. The van der Waals surface area contributed by atoms with Crippen LogP contribution in [-0.2, 0) is 9.47 Å². The molecule has 27 heavy (non-hydrogen) atoms. The topological polar surface area (TPSA) is 88.4 Å². The monoisotopic (exact) mass is 404 g/mol. The molecule has 0 radical (unpaired) electrons. The third-order valence-electron chi connectivity index (χ3n) is 3.17. The van der Waals surface area contributed by atoms with E-state index >= 15 is 0 Å². The zero-order valence-electron chi connectivity index (χ0n) is 15.5. The van der Waals surface area contributed by atoms with Crippen LogP contribution in [0.4, 0.5) is 9.80 Å². The first-order valence-corrected chi connectivity index (χ1v) is 9.85. The van der Waals surface area contributed by atoms with Crippen LogP contribution in [0.1, 0.15) is 38.1 Å². The number of nitrogens with zero attached hydrogens (tertiary/aromatic N) is 1. The van der Waals surface area contributed by atoms with Gasteiger partial charge in [-0.15, -0.1) is 11.3 Å². The third kappa shape index (κ3) is 5.49. The molecule has 0 spiro atoms. The number of thiocyanates is 1. The van der Waals surface area contributed by atoms with Crippen LogP contribution >= 0.6 is 23.1 Å². The minimum Gasteiger partial charge on any atom is -0.462 e. The molecule has 142 valence electrons. The van der Waals surface area contributed by atoms with Gasteiger partial charge in [0.25, 0.3) is 0 Å². The van der Waals surface area contributed by atoms with Crippen molar-refractivity contribution in [3.63, 3.8) is 0 Å². The Morgan fingerprint density at radius 1 is 1.26 bits per heavy atom. The van der Waals surface area contributed by atoms with Crippen molar-refractivity contribution in [2.75, 3.05) is 11.9 Å².